The van der Waals surface area contributed by atoms with Gasteiger partial charge in [-0.15, -0.1) is 0 Å². The van der Waals surface area contributed by atoms with Crippen LogP contribution < -0.4 is 5.30 Å². The first-order valence-corrected chi connectivity index (χ1v) is 16.4. The molecule has 0 unspecified atom stereocenters. The van der Waals surface area contributed by atoms with E-state index in [1.165, 1.54) is 38.7 Å². The molecule has 4 rings (SSSR count). The van der Waals surface area contributed by atoms with Gasteiger partial charge in [-0.1, -0.05) is 140 Å². The predicted molar refractivity (Wildman–Crippen MR) is 166 cm³/mol. The van der Waals surface area contributed by atoms with Crippen molar-refractivity contribution in [2.75, 3.05) is 0 Å². The van der Waals surface area contributed by atoms with Crippen LogP contribution in [-0.2, 0) is 0 Å². The van der Waals surface area contributed by atoms with Crippen molar-refractivity contribution in [1.82, 2.24) is 0 Å². The molecule has 0 N–H and O–H groups in total. The average Bonchev–Trinajstić information content (AvgIpc) is 2.82. The highest BCUT2D eigenvalue weighted by molar-refractivity contribution is 8.35. The van der Waals surface area contributed by atoms with Gasteiger partial charge in [0, 0.05) is 5.66 Å². The summed E-state index contributed by atoms with van der Waals surface area (Å²) < 4.78 is 0. The molecule has 0 aliphatic heterocycles. The van der Waals surface area contributed by atoms with Crippen LogP contribution in [0.2, 0.25) is 0 Å². The minimum Gasteiger partial charge on any atom is -0.0830 e. The van der Waals surface area contributed by atoms with E-state index < -0.39 is 15.2 Å². The van der Waals surface area contributed by atoms with Gasteiger partial charge in [0.25, 0.3) is 0 Å². The van der Waals surface area contributed by atoms with E-state index in [9.17, 15) is 0 Å². The van der Waals surface area contributed by atoms with Gasteiger partial charge < -0.3 is 0 Å². The molecule has 36 heavy (non-hydrogen) atoms. The zero-order valence-electron chi connectivity index (χ0n) is 23.3. The molecule has 0 bridgehead atoms. The summed E-state index contributed by atoms with van der Waals surface area (Å²) in [6.07, 6.45) is 5.80. The van der Waals surface area contributed by atoms with Gasteiger partial charge in [0.05, 0.1) is 0 Å². The third-order valence-electron chi connectivity index (χ3n) is 6.72. The highest BCUT2D eigenvalue weighted by atomic mass is 32.1. The van der Waals surface area contributed by atoms with E-state index in [0.29, 0.717) is 0 Å². The highest BCUT2D eigenvalue weighted by Crippen LogP contribution is 2.85. The van der Waals surface area contributed by atoms with E-state index in [1.54, 1.807) is 5.66 Å². The zero-order valence-corrected chi connectivity index (χ0v) is 25.1. The van der Waals surface area contributed by atoms with E-state index in [2.05, 4.69) is 146 Å². The normalized spacial score (nSPS) is 16.8. The quantitative estimate of drug-likeness (QED) is 0.299. The Morgan fingerprint density at radius 3 is 1.75 bits per heavy atom. The van der Waals surface area contributed by atoms with Crippen LogP contribution in [0.3, 0.4) is 0 Å². The van der Waals surface area contributed by atoms with Crippen molar-refractivity contribution < 1.29 is 0 Å². The maximum atomic E-state index is 2.48. The van der Waals surface area contributed by atoms with E-state index in [4.69, 9.17) is 0 Å². The second-order valence-corrected chi connectivity index (χ2v) is 19.2. The van der Waals surface area contributed by atoms with Crippen LogP contribution in [0.25, 0.3) is 16.7 Å². The van der Waals surface area contributed by atoms with E-state index in [0.717, 1.165) is 6.42 Å². The van der Waals surface area contributed by atoms with E-state index >= 15 is 0 Å². The molecule has 3 aromatic rings. The summed E-state index contributed by atoms with van der Waals surface area (Å²) in [5, 5.41) is 1.92. The lowest BCUT2D eigenvalue weighted by Gasteiger charge is -2.49. The standard InChI is InChI=1S/C34H41P2/c1-25-15-12-13-19-30(25)32-26(2)16-14-20-31(32)36(34(6,7)8)35(33(3,4)5)29-23-21-28(22-24-29)27-17-10-9-11-18-27/h9-19,21-24H,20H2,1-8H3/t35-,36+/m0/s1. The van der Waals surface area contributed by atoms with Crippen LogP contribution in [-0.4, -0.2) is 10.3 Å². The molecule has 187 valence electrons. The Morgan fingerprint density at radius 2 is 1.17 bits per heavy atom. The molecular formula is C34H41P2. The van der Waals surface area contributed by atoms with E-state index in [-0.39, 0.29) is 10.3 Å². The maximum absolute atomic E-state index is 2.48. The minimum atomic E-state index is -0.441. The van der Waals surface area contributed by atoms with Gasteiger partial charge in [0.1, 0.15) is 0 Å². The van der Waals surface area contributed by atoms with Crippen LogP contribution in [0, 0.1) is 12.6 Å². The summed E-state index contributed by atoms with van der Waals surface area (Å²) >= 11 is 0. The first-order valence-electron chi connectivity index (χ1n) is 13.0. The number of aryl methyl sites for hydroxylation is 1. The topological polar surface area (TPSA) is 0 Å². The number of hydrogen-bond acceptors (Lipinski definition) is 0. The number of hydrogen-bond donors (Lipinski definition) is 0. The van der Waals surface area contributed by atoms with Crippen LogP contribution in [0.1, 0.15) is 66.0 Å². The van der Waals surface area contributed by atoms with Crippen molar-refractivity contribution in [3.05, 3.63) is 113 Å². The third-order valence-corrected chi connectivity index (χ3v) is 17.6. The molecule has 0 spiro atoms. The van der Waals surface area contributed by atoms with Crippen molar-refractivity contribution in [1.29, 1.82) is 0 Å². The second-order valence-electron chi connectivity index (χ2n) is 11.8. The maximum Gasteiger partial charge on any atom is 0.0387 e. The Balaban J connectivity index is 1.84. The van der Waals surface area contributed by atoms with Crippen molar-refractivity contribution in [2.24, 2.45) is 0 Å². The largest absolute Gasteiger partial charge is 0.0830 e. The van der Waals surface area contributed by atoms with Crippen LogP contribution in [0.5, 0.6) is 0 Å². The summed E-state index contributed by atoms with van der Waals surface area (Å²) in [5.41, 5.74) is 9.97. The smallest absolute Gasteiger partial charge is 0.0387 e. The number of rotatable bonds is 5. The van der Waals surface area contributed by atoms with Gasteiger partial charge >= 0.3 is 0 Å². The summed E-state index contributed by atoms with van der Waals surface area (Å²) in [6.45, 7) is 19.4. The SMILES string of the molecule is CC1=C(c2ccccc2C)[C]([P@@]([P@@](c2ccc(-c3ccccc3)cc2)C(C)(C)C)C(C)(C)C)CC=C1. The molecule has 0 saturated heterocycles. The van der Waals surface area contributed by atoms with Crippen molar-refractivity contribution in [3.8, 4) is 11.1 Å². The monoisotopic (exact) mass is 511 g/mol. The fraction of sp³-hybridized carbons (Fsp3) is 0.324. The third kappa shape index (κ3) is 5.77. The Bertz CT molecular complexity index is 1230. The molecule has 0 fully saturated rings. The Labute approximate surface area is 222 Å². The van der Waals surface area contributed by atoms with Gasteiger partial charge in [-0.05, 0) is 76.9 Å². The van der Waals surface area contributed by atoms with Crippen LogP contribution >= 0.6 is 15.2 Å². The second kappa shape index (κ2) is 10.8. The summed E-state index contributed by atoms with van der Waals surface area (Å²) in [6, 6.07) is 29.3. The molecular weight excluding hydrogens is 470 g/mol. The van der Waals surface area contributed by atoms with Gasteiger partial charge in [-0.25, -0.2) is 0 Å². The van der Waals surface area contributed by atoms with Gasteiger partial charge in [0.2, 0.25) is 0 Å². The zero-order chi connectivity index (χ0) is 26.1. The van der Waals surface area contributed by atoms with Gasteiger partial charge in [-0.2, -0.15) is 0 Å². The molecule has 1 aliphatic rings. The Morgan fingerprint density at radius 1 is 0.611 bits per heavy atom. The van der Waals surface area contributed by atoms with Gasteiger partial charge in [-0.3, -0.25) is 0 Å². The molecule has 2 atom stereocenters. The summed E-state index contributed by atoms with van der Waals surface area (Å²) in [5.74, 6) is 0. The molecule has 0 aromatic heterocycles. The summed E-state index contributed by atoms with van der Waals surface area (Å²) in [4.78, 5) is 0. The van der Waals surface area contributed by atoms with Gasteiger partial charge in [0.15, 0.2) is 0 Å². The number of benzene rings is 3. The van der Waals surface area contributed by atoms with Crippen LogP contribution in [0.4, 0.5) is 0 Å². The lowest BCUT2D eigenvalue weighted by molar-refractivity contribution is 0.776. The van der Waals surface area contributed by atoms with Crippen molar-refractivity contribution in [3.63, 3.8) is 0 Å². The fourth-order valence-corrected chi connectivity index (χ4v) is 15.7. The van der Waals surface area contributed by atoms with Crippen molar-refractivity contribution in [2.45, 2.75) is 72.1 Å². The average molecular weight is 512 g/mol. The molecule has 3 aromatic carbocycles. The highest BCUT2D eigenvalue weighted by Gasteiger charge is 2.45. The van der Waals surface area contributed by atoms with Crippen molar-refractivity contribution >= 4 is 26.1 Å². The first-order chi connectivity index (χ1) is 17.0. The lowest BCUT2D eigenvalue weighted by atomic mass is 9.89. The Hall–Kier alpha value is -2.00. The molecule has 1 radical (unpaired) electrons. The molecule has 0 amide bonds. The summed E-state index contributed by atoms with van der Waals surface area (Å²) in [7, 11) is -0.880. The molecule has 2 heteroatoms. The van der Waals surface area contributed by atoms with E-state index in [1.807, 2.05) is 0 Å². The number of allylic oxidation sites excluding steroid dienone is 4. The molecule has 0 saturated carbocycles. The minimum absolute atomic E-state index is 0.196. The molecule has 1 aliphatic carbocycles. The molecule has 0 heterocycles. The lowest BCUT2D eigenvalue weighted by Crippen LogP contribution is -2.26. The Kier molecular flexibility index (Phi) is 8.10. The fourth-order valence-electron chi connectivity index (χ4n) is 5.23. The predicted octanol–water partition coefficient (Wildman–Crippen LogP) is 10.7. The molecule has 0 nitrogen and oxygen atoms in total. The van der Waals surface area contributed by atoms with Crippen LogP contribution in [0.15, 0.2) is 96.6 Å². The first kappa shape index (κ1) is 27.0.